The molecule has 0 saturated carbocycles. The van der Waals surface area contributed by atoms with Crippen LogP contribution in [0.5, 0.6) is 5.75 Å². The lowest BCUT2D eigenvalue weighted by atomic mass is 9.74. The molecule has 0 bridgehead atoms. The van der Waals surface area contributed by atoms with E-state index in [2.05, 4.69) is 18.3 Å². The molecule has 4 heteroatoms. The Labute approximate surface area is 126 Å². The van der Waals surface area contributed by atoms with E-state index in [1.807, 2.05) is 26.0 Å². The van der Waals surface area contributed by atoms with Gasteiger partial charge in [0.25, 0.3) is 0 Å². The Kier molecular flexibility index (Phi) is 4.02. The van der Waals surface area contributed by atoms with E-state index in [9.17, 15) is 9.90 Å². The van der Waals surface area contributed by atoms with Gasteiger partial charge in [0.05, 0.1) is 5.41 Å². The number of rotatable bonds is 5. The average molecular weight is 291 g/mol. The number of benzene rings is 1. The summed E-state index contributed by atoms with van der Waals surface area (Å²) >= 11 is 0. The molecule has 1 aromatic carbocycles. The van der Waals surface area contributed by atoms with Gasteiger partial charge >= 0.3 is 5.97 Å². The van der Waals surface area contributed by atoms with Gasteiger partial charge in [-0.3, -0.25) is 4.79 Å². The Morgan fingerprint density at radius 3 is 2.67 bits per heavy atom. The Bertz CT molecular complexity index is 549. The first-order chi connectivity index (χ1) is 9.63. The molecule has 0 aliphatic carbocycles. The van der Waals surface area contributed by atoms with Crippen molar-refractivity contribution in [3.63, 3.8) is 0 Å². The topological polar surface area (TPSA) is 58.6 Å². The zero-order valence-corrected chi connectivity index (χ0v) is 13.5. The lowest BCUT2D eigenvalue weighted by molar-refractivity contribution is -0.151. The summed E-state index contributed by atoms with van der Waals surface area (Å²) in [6.45, 7) is 10.1. The summed E-state index contributed by atoms with van der Waals surface area (Å²) in [6, 6.07) is 6.21. The minimum Gasteiger partial charge on any atom is -0.488 e. The van der Waals surface area contributed by atoms with Gasteiger partial charge in [-0.1, -0.05) is 17.7 Å². The lowest BCUT2D eigenvalue weighted by Crippen LogP contribution is -2.56. The van der Waals surface area contributed by atoms with Crippen LogP contribution in [0.4, 0.5) is 0 Å². The molecular formula is C17H25NO3. The molecule has 21 heavy (non-hydrogen) atoms. The molecule has 0 spiro atoms. The van der Waals surface area contributed by atoms with Gasteiger partial charge in [0.15, 0.2) is 0 Å². The van der Waals surface area contributed by atoms with E-state index in [4.69, 9.17) is 4.74 Å². The van der Waals surface area contributed by atoms with Gasteiger partial charge in [0.1, 0.15) is 11.9 Å². The summed E-state index contributed by atoms with van der Waals surface area (Å²) in [7, 11) is 0. The van der Waals surface area contributed by atoms with Crippen molar-refractivity contribution in [2.45, 2.75) is 52.7 Å². The summed E-state index contributed by atoms with van der Waals surface area (Å²) in [6.07, 6.45) is 0.929. The Balaban J connectivity index is 1.98. The van der Waals surface area contributed by atoms with Crippen LogP contribution in [-0.2, 0) is 11.2 Å². The first-order valence-electron chi connectivity index (χ1n) is 7.38. The maximum Gasteiger partial charge on any atom is 0.310 e. The molecule has 0 amide bonds. The van der Waals surface area contributed by atoms with Gasteiger partial charge in [-0.2, -0.15) is 0 Å². The van der Waals surface area contributed by atoms with Crippen molar-refractivity contribution in [2.24, 2.45) is 5.41 Å². The predicted octanol–water partition coefficient (Wildman–Crippen LogP) is 2.78. The number of aliphatic carboxylic acids is 1. The third kappa shape index (κ3) is 3.05. The maximum atomic E-state index is 11.4. The molecule has 2 N–H and O–H groups in total. The highest BCUT2D eigenvalue weighted by atomic mass is 16.5. The molecular weight excluding hydrogens is 266 g/mol. The lowest BCUT2D eigenvalue weighted by Gasteiger charge is -2.39. The number of carboxylic acid groups (broad SMARTS) is 1. The number of carboxylic acids is 1. The van der Waals surface area contributed by atoms with Crippen molar-refractivity contribution >= 4 is 5.97 Å². The highest BCUT2D eigenvalue weighted by molar-refractivity contribution is 5.75. The quantitative estimate of drug-likeness (QED) is 0.876. The summed E-state index contributed by atoms with van der Waals surface area (Å²) in [5, 5.41) is 12.7. The van der Waals surface area contributed by atoms with Crippen molar-refractivity contribution in [3.8, 4) is 5.75 Å². The van der Waals surface area contributed by atoms with Crippen LogP contribution in [0, 0.1) is 12.3 Å². The van der Waals surface area contributed by atoms with Crippen LogP contribution < -0.4 is 10.1 Å². The number of hydrogen-bond donors (Lipinski definition) is 2. The monoisotopic (exact) mass is 291 g/mol. The number of ether oxygens (including phenoxy) is 1. The molecule has 2 rings (SSSR count). The second-order valence-corrected chi connectivity index (χ2v) is 6.99. The van der Waals surface area contributed by atoms with E-state index in [1.54, 1.807) is 13.8 Å². The van der Waals surface area contributed by atoms with Gasteiger partial charge < -0.3 is 15.2 Å². The van der Waals surface area contributed by atoms with E-state index in [0.717, 1.165) is 12.2 Å². The minimum absolute atomic E-state index is 0.0608. The van der Waals surface area contributed by atoms with Crippen LogP contribution in [0.15, 0.2) is 18.2 Å². The number of carbonyl (C=O) groups is 1. The van der Waals surface area contributed by atoms with E-state index in [-0.39, 0.29) is 6.10 Å². The summed E-state index contributed by atoms with van der Waals surface area (Å²) in [5.41, 5.74) is 1.09. The van der Waals surface area contributed by atoms with E-state index in [1.165, 1.54) is 11.1 Å². The highest BCUT2D eigenvalue weighted by Crippen LogP contribution is 2.32. The second-order valence-electron chi connectivity index (χ2n) is 6.99. The number of fused-ring (bicyclic) bond motifs is 1. The summed E-state index contributed by atoms with van der Waals surface area (Å²) in [5.74, 6) is 0.147. The molecule has 1 aliphatic heterocycles. The first kappa shape index (κ1) is 15.8. The van der Waals surface area contributed by atoms with E-state index >= 15 is 0 Å². The molecule has 0 radical (unpaired) electrons. The van der Waals surface area contributed by atoms with Crippen LogP contribution in [0.3, 0.4) is 0 Å². The van der Waals surface area contributed by atoms with E-state index < -0.39 is 16.9 Å². The smallest absolute Gasteiger partial charge is 0.310 e. The van der Waals surface area contributed by atoms with Gasteiger partial charge in [-0.05, 0) is 46.2 Å². The number of aryl methyl sites for hydroxylation is 1. The molecule has 1 heterocycles. The fourth-order valence-corrected chi connectivity index (χ4v) is 2.42. The van der Waals surface area contributed by atoms with Crippen LogP contribution in [-0.4, -0.2) is 29.3 Å². The molecule has 0 aromatic heterocycles. The minimum atomic E-state index is -0.852. The molecule has 1 unspecified atom stereocenters. The molecule has 0 saturated heterocycles. The van der Waals surface area contributed by atoms with Gasteiger partial charge in [0.2, 0.25) is 0 Å². The largest absolute Gasteiger partial charge is 0.488 e. The number of nitrogens with one attached hydrogen (secondary N) is 1. The Morgan fingerprint density at radius 1 is 1.38 bits per heavy atom. The normalized spacial score (nSPS) is 18.2. The standard InChI is InChI=1S/C17H25NO3/c1-11-6-7-14-12(8-11)9-13(21-14)10-18-17(4,5)16(2,3)15(19)20/h6-8,13,18H,9-10H2,1-5H3,(H,19,20). The van der Waals surface area contributed by atoms with Crippen LogP contribution in [0.1, 0.15) is 38.8 Å². The molecule has 1 aromatic rings. The molecule has 4 nitrogen and oxygen atoms in total. The second kappa shape index (κ2) is 5.34. The average Bonchev–Trinajstić information content (AvgIpc) is 2.78. The number of hydrogen-bond acceptors (Lipinski definition) is 3. The highest BCUT2D eigenvalue weighted by Gasteiger charge is 2.43. The summed E-state index contributed by atoms with van der Waals surface area (Å²) < 4.78 is 5.92. The molecule has 1 aliphatic rings. The van der Waals surface area contributed by atoms with Gasteiger partial charge in [0, 0.05) is 18.5 Å². The van der Waals surface area contributed by atoms with Crippen LogP contribution in [0.25, 0.3) is 0 Å². The predicted molar refractivity (Wildman–Crippen MR) is 82.8 cm³/mol. The molecule has 1 atom stereocenters. The SMILES string of the molecule is Cc1ccc2c(c1)CC(CNC(C)(C)C(C)(C)C(=O)O)O2. The Morgan fingerprint density at radius 2 is 2.05 bits per heavy atom. The fourth-order valence-electron chi connectivity index (χ4n) is 2.42. The van der Waals surface area contributed by atoms with E-state index in [0.29, 0.717) is 6.54 Å². The molecule has 116 valence electrons. The van der Waals surface area contributed by atoms with Crippen molar-refractivity contribution in [2.75, 3.05) is 6.54 Å². The van der Waals surface area contributed by atoms with Gasteiger partial charge in [-0.15, -0.1) is 0 Å². The van der Waals surface area contributed by atoms with Gasteiger partial charge in [-0.25, -0.2) is 0 Å². The zero-order chi connectivity index (χ0) is 15.8. The third-order valence-corrected chi connectivity index (χ3v) is 4.83. The van der Waals surface area contributed by atoms with Crippen molar-refractivity contribution in [1.82, 2.24) is 5.32 Å². The first-order valence-corrected chi connectivity index (χ1v) is 7.38. The van der Waals surface area contributed by atoms with Crippen LogP contribution >= 0.6 is 0 Å². The molecule has 0 fully saturated rings. The van der Waals surface area contributed by atoms with Crippen LogP contribution in [0.2, 0.25) is 0 Å². The van der Waals surface area contributed by atoms with Crippen molar-refractivity contribution < 1.29 is 14.6 Å². The zero-order valence-electron chi connectivity index (χ0n) is 13.5. The Hall–Kier alpha value is -1.55. The van der Waals surface area contributed by atoms with Crippen molar-refractivity contribution in [3.05, 3.63) is 29.3 Å². The summed E-state index contributed by atoms with van der Waals surface area (Å²) in [4.78, 5) is 11.4. The third-order valence-electron chi connectivity index (χ3n) is 4.83. The fraction of sp³-hybridized carbons (Fsp3) is 0.588. The van der Waals surface area contributed by atoms with Crippen molar-refractivity contribution in [1.29, 1.82) is 0 Å². The maximum absolute atomic E-state index is 11.4.